The van der Waals surface area contributed by atoms with Gasteiger partial charge in [0.2, 0.25) is 5.95 Å². The van der Waals surface area contributed by atoms with Crippen LogP contribution in [0, 0.1) is 11.6 Å². The van der Waals surface area contributed by atoms with Gasteiger partial charge in [0, 0.05) is 6.54 Å². The van der Waals surface area contributed by atoms with Crippen LogP contribution >= 0.6 is 11.6 Å². The molecule has 100 valence electrons. The van der Waals surface area contributed by atoms with E-state index in [-0.39, 0.29) is 17.5 Å². The number of benzene rings is 1. The number of rotatable bonds is 4. The zero-order chi connectivity index (χ0) is 13.8. The Morgan fingerprint density at radius 2 is 1.95 bits per heavy atom. The minimum Gasteiger partial charge on any atom is -0.387 e. The van der Waals surface area contributed by atoms with Gasteiger partial charge in [0.15, 0.2) is 5.82 Å². The van der Waals surface area contributed by atoms with E-state index < -0.39 is 17.7 Å². The standard InChI is InChI=1S/C12H10ClF2N3O/c13-9-2-1-7(3-10(9)15)11(19)6-18-12-16-4-8(14)5-17-12/h1-5,11,19H,6H2,(H,16,17,18)/t11-/m0/s1. The largest absolute Gasteiger partial charge is 0.387 e. The zero-order valence-electron chi connectivity index (χ0n) is 9.65. The summed E-state index contributed by atoms with van der Waals surface area (Å²) in [4.78, 5) is 7.34. The van der Waals surface area contributed by atoms with Crippen LogP contribution in [-0.4, -0.2) is 21.6 Å². The molecule has 2 rings (SSSR count). The number of aliphatic hydroxyl groups excluding tert-OH is 1. The number of anilines is 1. The molecule has 0 aliphatic carbocycles. The van der Waals surface area contributed by atoms with E-state index in [1.807, 2.05) is 0 Å². The number of aromatic nitrogens is 2. The molecule has 0 unspecified atom stereocenters. The molecule has 0 spiro atoms. The van der Waals surface area contributed by atoms with Crippen LogP contribution in [0.2, 0.25) is 5.02 Å². The van der Waals surface area contributed by atoms with E-state index in [1.165, 1.54) is 12.1 Å². The molecule has 0 amide bonds. The Labute approximate surface area is 113 Å². The number of nitrogens with zero attached hydrogens (tertiary/aromatic N) is 2. The molecule has 1 aromatic heterocycles. The topological polar surface area (TPSA) is 58.0 Å². The molecule has 0 radical (unpaired) electrons. The predicted molar refractivity (Wildman–Crippen MR) is 66.8 cm³/mol. The van der Waals surface area contributed by atoms with Crippen molar-refractivity contribution >= 4 is 17.5 Å². The van der Waals surface area contributed by atoms with E-state index in [0.717, 1.165) is 18.5 Å². The molecule has 4 nitrogen and oxygen atoms in total. The second-order valence-electron chi connectivity index (χ2n) is 3.80. The van der Waals surface area contributed by atoms with Crippen LogP contribution in [0.3, 0.4) is 0 Å². The maximum atomic E-state index is 13.2. The van der Waals surface area contributed by atoms with Crippen LogP contribution in [0.15, 0.2) is 30.6 Å². The van der Waals surface area contributed by atoms with Crippen LogP contribution in [0.5, 0.6) is 0 Å². The highest BCUT2D eigenvalue weighted by molar-refractivity contribution is 6.30. The molecule has 2 aromatic rings. The molecular formula is C12H10ClF2N3O. The summed E-state index contributed by atoms with van der Waals surface area (Å²) in [6.45, 7) is 0.0622. The number of aliphatic hydroxyl groups is 1. The van der Waals surface area contributed by atoms with Gasteiger partial charge in [-0.2, -0.15) is 0 Å². The van der Waals surface area contributed by atoms with Crippen molar-refractivity contribution in [1.29, 1.82) is 0 Å². The molecule has 0 aliphatic heterocycles. The smallest absolute Gasteiger partial charge is 0.222 e. The summed E-state index contributed by atoms with van der Waals surface area (Å²) < 4.78 is 25.8. The summed E-state index contributed by atoms with van der Waals surface area (Å²) in [5, 5.41) is 12.6. The Bertz CT molecular complexity index is 565. The first-order valence-corrected chi connectivity index (χ1v) is 5.78. The van der Waals surface area contributed by atoms with Crippen molar-refractivity contribution in [1.82, 2.24) is 9.97 Å². The lowest BCUT2D eigenvalue weighted by Gasteiger charge is -2.12. The summed E-state index contributed by atoms with van der Waals surface area (Å²) in [5.41, 5.74) is 0.372. The average molecular weight is 286 g/mol. The van der Waals surface area contributed by atoms with Crippen molar-refractivity contribution in [3.8, 4) is 0 Å². The third kappa shape index (κ3) is 3.59. The van der Waals surface area contributed by atoms with Gasteiger partial charge < -0.3 is 10.4 Å². The molecule has 19 heavy (non-hydrogen) atoms. The van der Waals surface area contributed by atoms with E-state index in [0.29, 0.717) is 5.56 Å². The van der Waals surface area contributed by atoms with Gasteiger partial charge in [0.25, 0.3) is 0 Å². The van der Waals surface area contributed by atoms with Crippen molar-refractivity contribution in [2.45, 2.75) is 6.10 Å². The summed E-state index contributed by atoms with van der Waals surface area (Å²) >= 11 is 5.55. The fraction of sp³-hybridized carbons (Fsp3) is 0.167. The van der Waals surface area contributed by atoms with Crippen molar-refractivity contribution < 1.29 is 13.9 Å². The minimum absolute atomic E-state index is 0.00854. The first-order valence-electron chi connectivity index (χ1n) is 5.40. The maximum absolute atomic E-state index is 13.2. The summed E-state index contributed by atoms with van der Waals surface area (Å²) in [6, 6.07) is 4.04. The molecule has 0 fully saturated rings. The Hall–Kier alpha value is -1.79. The Morgan fingerprint density at radius 1 is 1.26 bits per heavy atom. The number of halogens is 3. The first-order chi connectivity index (χ1) is 9.06. The molecule has 1 atom stereocenters. The third-order valence-electron chi connectivity index (χ3n) is 2.40. The van der Waals surface area contributed by atoms with Crippen LogP contribution in [0.25, 0.3) is 0 Å². The van der Waals surface area contributed by atoms with Crippen LogP contribution in [0.4, 0.5) is 14.7 Å². The van der Waals surface area contributed by atoms with Crippen molar-refractivity contribution in [3.05, 3.63) is 52.8 Å². The van der Waals surface area contributed by atoms with Gasteiger partial charge in [0.05, 0.1) is 23.5 Å². The number of nitrogens with one attached hydrogen (secondary N) is 1. The predicted octanol–water partition coefficient (Wildman–Crippen LogP) is 2.55. The molecule has 1 aromatic carbocycles. The molecule has 2 N–H and O–H groups in total. The van der Waals surface area contributed by atoms with Gasteiger partial charge in [-0.05, 0) is 17.7 Å². The van der Waals surface area contributed by atoms with Crippen molar-refractivity contribution in [3.63, 3.8) is 0 Å². The van der Waals surface area contributed by atoms with E-state index in [2.05, 4.69) is 15.3 Å². The third-order valence-corrected chi connectivity index (χ3v) is 2.71. The zero-order valence-corrected chi connectivity index (χ0v) is 10.4. The second-order valence-corrected chi connectivity index (χ2v) is 4.20. The molecule has 1 heterocycles. The van der Waals surface area contributed by atoms with E-state index in [9.17, 15) is 13.9 Å². The van der Waals surface area contributed by atoms with E-state index in [4.69, 9.17) is 11.6 Å². The lowest BCUT2D eigenvalue weighted by atomic mass is 10.1. The SMILES string of the molecule is O[C@@H](CNc1ncc(F)cn1)c1ccc(Cl)c(F)c1. The Morgan fingerprint density at radius 3 is 2.58 bits per heavy atom. The number of hydrogen-bond donors (Lipinski definition) is 2. The van der Waals surface area contributed by atoms with Crippen LogP contribution < -0.4 is 5.32 Å². The van der Waals surface area contributed by atoms with Gasteiger partial charge in [-0.3, -0.25) is 0 Å². The Balaban J connectivity index is 1.98. The monoisotopic (exact) mass is 285 g/mol. The molecule has 0 saturated heterocycles. The molecule has 0 bridgehead atoms. The van der Waals surface area contributed by atoms with Gasteiger partial charge in [-0.25, -0.2) is 18.7 Å². The van der Waals surface area contributed by atoms with E-state index in [1.54, 1.807) is 0 Å². The number of hydrogen-bond acceptors (Lipinski definition) is 4. The molecular weight excluding hydrogens is 276 g/mol. The fourth-order valence-electron chi connectivity index (χ4n) is 1.43. The quantitative estimate of drug-likeness (QED) is 0.906. The highest BCUT2D eigenvalue weighted by Crippen LogP contribution is 2.20. The lowest BCUT2D eigenvalue weighted by Crippen LogP contribution is -2.14. The van der Waals surface area contributed by atoms with Crippen molar-refractivity contribution in [2.24, 2.45) is 0 Å². The van der Waals surface area contributed by atoms with Gasteiger partial charge in [-0.1, -0.05) is 17.7 Å². The first kappa shape index (κ1) is 13.6. The highest BCUT2D eigenvalue weighted by Gasteiger charge is 2.10. The van der Waals surface area contributed by atoms with Gasteiger partial charge >= 0.3 is 0 Å². The minimum atomic E-state index is -0.958. The lowest BCUT2D eigenvalue weighted by molar-refractivity contribution is 0.191. The van der Waals surface area contributed by atoms with Crippen molar-refractivity contribution in [2.75, 3.05) is 11.9 Å². The van der Waals surface area contributed by atoms with E-state index >= 15 is 0 Å². The maximum Gasteiger partial charge on any atom is 0.222 e. The fourth-order valence-corrected chi connectivity index (χ4v) is 1.55. The molecule has 0 saturated carbocycles. The normalized spacial score (nSPS) is 12.2. The highest BCUT2D eigenvalue weighted by atomic mass is 35.5. The average Bonchev–Trinajstić information content (AvgIpc) is 2.41. The van der Waals surface area contributed by atoms with Crippen LogP contribution in [-0.2, 0) is 0 Å². The van der Waals surface area contributed by atoms with Gasteiger partial charge in [-0.15, -0.1) is 0 Å². The molecule has 0 aliphatic rings. The summed E-state index contributed by atoms with van der Waals surface area (Å²) in [5.74, 6) is -0.975. The second kappa shape index (κ2) is 5.90. The van der Waals surface area contributed by atoms with Crippen LogP contribution in [0.1, 0.15) is 11.7 Å². The van der Waals surface area contributed by atoms with Gasteiger partial charge in [0.1, 0.15) is 5.82 Å². The molecule has 7 heteroatoms. The summed E-state index contributed by atoms with van der Waals surface area (Å²) in [7, 11) is 0. The summed E-state index contributed by atoms with van der Waals surface area (Å²) in [6.07, 6.45) is 1.05. The Kier molecular flexibility index (Phi) is 4.24.